The van der Waals surface area contributed by atoms with Gasteiger partial charge in [-0.3, -0.25) is 9.59 Å². The van der Waals surface area contributed by atoms with Crippen LogP contribution in [0.5, 0.6) is 0 Å². The molecule has 0 fully saturated rings. The van der Waals surface area contributed by atoms with Crippen LogP contribution in [-0.4, -0.2) is 30.9 Å². The van der Waals surface area contributed by atoms with Crippen LogP contribution >= 0.6 is 0 Å². The summed E-state index contributed by atoms with van der Waals surface area (Å²) in [5, 5.41) is 2.68. The molecule has 0 bridgehead atoms. The van der Waals surface area contributed by atoms with Crippen molar-refractivity contribution >= 4 is 17.8 Å². The highest BCUT2D eigenvalue weighted by Gasteiger charge is 2.10. The molecule has 0 aliphatic rings. The molecule has 0 saturated heterocycles. The fourth-order valence-electron chi connectivity index (χ4n) is 2.03. The second-order valence-electron chi connectivity index (χ2n) is 5.10. The van der Waals surface area contributed by atoms with Gasteiger partial charge in [0, 0.05) is 12.1 Å². The summed E-state index contributed by atoms with van der Waals surface area (Å²) in [4.78, 5) is 34.4. The average Bonchev–Trinajstić information content (AvgIpc) is 2.60. The lowest BCUT2D eigenvalue weighted by Crippen LogP contribution is -2.30. The molecule has 2 amide bonds. The maximum absolute atomic E-state index is 11.8. The number of amides is 2. The van der Waals surface area contributed by atoms with E-state index in [1.807, 2.05) is 30.3 Å². The van der Waals surface area contributed by atoms with Crippen LogP contribution in [0, 0.1) is 0 Å². The Morgan fingerprint density at radius 3 is 2.17 bits per heavy atom. The molecule has 2 rings (SSSR count). The summed E-state index contributed by atoms with van der Waals surface area (Å²) >= 11 is 0. The second kappa shape index (κ2) is 8.47. The Balaban J connectivity index is 1.72. The van der Waals surface area contributed by atoms with Gasteiger partial charge in [-0.1, -0.05) is 30.3 Å². The first-order chi connectivity index (χ1) is 11.6. The number of primary amides is 1. The first kappa shape index (κ1) is 17.2. The molecule has 6 heteroatoms. The van der Waals surface area contributed by atoms with E-state index in [9.17, 15) is 14.4 Å². The number of carbonyl (C=O) groups is 3. The topological polar surface area (TPSA) is 98.5 Å². The van der Waals surface area contributed by atoms with Crippen molar-refractivity contribution in [1.29, 1.82) is 0 Å². The molecule has 2 aromatic carbocycles. The summed E-state index contributed by atoms with van der Waals surface area (Å²) in [6, 6.07) is 15.5. The lowest BCUT2D eigenvalue weighted by Gasteiger charge is -2.07. The Labute approximate surface area is 139 Å². The normalized spacial score (nSPS) is 10.0. The lowest BCUT2D eigenvalue weighted by atomic mass is 10.1. The molecular formula is C18H18N2O4. The number of rotatable bonds is 7. The van der Waals surface area contributed by atoms with E-state index in [1.54, 1.807) is 0 Å². The molecule has 0 saturated carbocycles. The molecule has 124 valence electrons. The van der Waals surface area contributed by atoms with Crippen LogP contribution in [0.3, 0.4) is 0 Å². The van der Waals surface area contributed by atoms with E-state index >= 15 is 0 Å². The van der Waals surface area contributed by atoms with Crippen LogP contribution in [0.1, 0.15) is 26.3 Å². The molecule has 24 heavy (non-hydrogen) atoms. The molecule has 0 atom stereocenters. The van der Waals surface area contributed by atoms with Gasteiger partial charge in [-0.25, -0.2) is 4.79 Å². The fourth-order valence-corrected chi connectivity index (χ4v) is 2.03. The third kappa shape index (κ3) is 5.24. The number of hydrogen-bond donors (Lipinski definition) is 2. The standard InChI is InChI=1S/C18H18N2O4/c19-17(22)14-6-8-15(9-7-14)18(23)24-12-16(21)20-11-10-13-4-2-1-3-5-13/h1-9H,10-12H2,(H2,19,22)(H,20,21). The van der Waals surface area contributed by atoms with Crippen molar-refractivity contribution in [2.24, 2.45) is 5.73 Å². The number of carbonyl (C=O) groups excluding carboxylic acids is 3. The Morgan fingerprint density at radius 2 is 1.54 bits per heavy atom. The smallest absolute Gasteiger partial charge is 0.338 e. The number of nitrogens with one attached hydrogen (secondary N) is 1. The molecule has 0 radical (unpaired) electrons. The van der Waals surface area contributed by atoms with Crippen molar-refractivity contribution < 1.29 is 19.1 Å². The van der Waals surface area contributed by atoms with E-state index in [-0.39, 0.29) is 18.1 Å². The third-order valence-electron chi connectivity index (χ3n) is 3.32. The van der Waals surface area contributed by atoms with E-state index in [1.165, 1.54) is 24.3 Å². The largest absolute Gasteiger partial charge is 0.452 e. The van der Waals surface area contributed by atoms with E-state index in [4.69, 9.17) is 10.5 Å². The van der Waals surface area contributed by atoms with Gasteiger partial charge in [0.05, 0.1) is 5.56 Å². The van der Waals surface area contributed by atoms with E-state index in [0.717, 1.165) is 5.56 Å². The van der Waals surface area contributed by atoms with Crippen molar-refractivity contribution in [3.8, 4) is 0 Å². The lowest BCUT2D eigenvalue weighted by molar-refractivity contribution is -0.124. The van der Waals surface area contributed by atoms with Crippen molar-refractivity contribution in [3.63, 3.8) is 0 Å². The maximum Gasteiger partial charge on any atom is 0.338 e. The number of nitrogens with two attached hydrogens (primary N) is 1. The number of benzene rings is 2. The molecule has 0 aromatic heterocycles. The van der Waals surface area contributed by atoms with E-state index in [2.05, 4.69) is 5.32 Å². The zero-order valence-corrected chi connectivity index (χ0v) is 13.0. The van der Waals surface area contributed by atoms with Crippen LogP contribution in [0.15, 0.2) is 54.6 Å². The van der Waals surface area contributed by atoms with Crippen LogP contribution in [0.2, 0.25) is 0 Å². The van der Waals surface area contributed by atoms with Gasteiger partial charge < -0.3 is 15.8 Å². The number of ether oxygens (including phenoxy) is 1. The maximum atomic E-state index is 11.8. The summed E-state index contributed by atoms with van der Waals surface area (Å²) in [5.74, 6) is -1.58. The highest BCUT2D eigenvalue weighted by molar-refractivity contribution is 5.95. The monoisotopic (exact) mass is 326 g/mol. The predicted molar refractivity (Wildman–Crippen MR) is 88.4 cm³/mol. The minimum absolute atomic E-state index is 0.247. The zero-order chi connectivity index (χ0) is 17.4. The molecule has 0 aliphatic heterocycles. The third-order valence-corrected chi connectivity index (χ3v) is 3.32. The van der Waals surface area contributed by atoms with Gasteiger partial charge in [0.15, 0.2) is 6.61 Å². The molecular weight excluding hydrogens is 308 g/mol. The van der Waals surface area contributed by atoms with E-state index in [0.29, 0.717) is 18.5 Å². The summed E-state index contributed by atoms with van der Waals surface area (Å²) < 4.78 is 4.93. The van der Waals surface area contributed by atoms with Gasteiger partial charge in [-0.05, 0) is 36.2 Å². The van der Waals surface area contributed by atoms with Crippen LogP contribution < -0.4 is 11.1 Å². The molecule has 6 nitrogen and oxygen atoms in total. The average molecular weight is 326 g/mol. The highest BCUT2D eigenvalue weighted by Crippen LogP contribution is 2.05. The first-order valence-electron chi connectivity index (χ1n) is 7.44. The van der Waals surface area contributed by atoms with Gasteiger partial charge in [0.1, 0.15) is 0 Å². The summed E-state index contributed by atoms with van der Waals surface area (Å²) in [5.41, 5.74) is 6.78. The van der Waals surface area contributed by atoms with Crippen LogP contribution in [-0.2, 0) is 16.0 Å². The summed E-state index contributed by atoms with van der Waals surface area (Å²) in [6.45, 7) is 0.110. The van der Waals surface area contributed by atoms with Crippen molar-refractivity contribution in [2.75, 3.05) is 13.2 Å². The molecule has 0 aliphatic carbocycles. The van der Waals surface area contributed by atoms with Crippen molar-refractivity contribution in [1.82, 2.24) is 5.32 Å². The van der Waals surface area contributed by atoms with Gasteiger partial charge >= 0.3 is 5.97 Å². The van der Waals surface area contributed by atoms with Crippen LogP contribution in [0.4, 0.5) is 0 Å². The molecule has 0 spiro atoms. The summed E-state index contributed by atoms with van der Waals surface area (Å²) in [7, 11) is 0. The van der Waals surface area contributed by atoms with Gasteiger partial charge in [-0.15, -0.1) is 0 Å². The Morgan fingerprint density at radius 1 is 0.917 bits per heavy atom. The fraction of sp³-hybridized carbons (Fsp3) is 0.167. The van der Waals surface area contributed by atoms with Gasteiger partial charge in [-0.2, -0.15) is 0 Å². The minimum atomic E-state index is -0.635. The number of hydrogen-bond acceptors (Lipinski definition) is 4. The molecule has 3 N–H and O–H groups in total. The molecule has 0 heterocycles. The van der Waals surface area contributed by atoms with Gasteiger partial charge in [0.25, 0.3) is 5.91 Å². The Kier molecular flexibility index (Phi) is 6.08. The molecule has 0 unspecified atom stereocenters. The quantitative estimate of drug-likeness (QED) is 0.749. The zero-order valence-electron chi connectivity index (χ0n) is 13.0. The second-order valence-corrected chi connectivity index (χ2v) is 5.10. The van der Waals surface area contributed by atoms with Gasteiger partial charge in [0.2, 0.25) is 5.91 Å². The van der Waals surface area contributed by atoms with E-state index < -0.39 is 11.9 Å². The first-order valence-corrected chi connectivity index (χ1v) is 7.44. The predicted octanol–water partition coefficient (Wildman–Crippen LogP) is 1.30. The Hall–Kier alpha value is -3.15. The minimum Gasteiger partial charge on any atom is -0.452 e. The van der Waals surface area contributed by atoms with Crippen LogP contribution in [0.25, 0.3) is 0 Å². The van der Waals surface area contributed by atoms with Crippen molar-refractivity contribution in [3.05, 3.63) is 71.3 Å². The molecule has 2 aromatic rings. The summed E-state index contributed by atoms with van der Waals surface area (Å²) in [6.07, 6.45) is 0.703. The SMILES string of the molecule is NC(=O)c1ccc(C(=O)OCC(=O)NCCc2ccccc2)cc1. The highest BCUT2D eigenvalue weighted by atomic mass is 16.5. The number of esters is 1. The van der Waals surface area contributed by atoms with Crippen molar-refractivity contribution in [2.45, 2.75) is 6.42 Å². The Bertz CT molecular complexity index is 712.